The molecule has 0 bridgehead atoms. The monoisotopic (exact) mass is 479 g/mol. The van der Waals surface area contributed by atoms with Gasteiger partial charge in [0, 0.05) is 51.7 Å². The molecule has 187 valence electrons. The van der Waals surface area contributed by atoms with Crippen molar-refractivity contribution in [1.82, 2.24) is 0 Å². The molecule has 0 aromatic heterocycles. The summed E-state index contributed by atoms with van der Waals surface area (Å²) in [6.45, 7) is 16.7. The van der Waals surface area contributed by atoms with E-state index in [2.05, 4.69) is 47.6 Å². The first-order chi connectivity index (χ1) is 15.1. The number of hydrogen-bond acceptors (Lipinski definition) is 6. The summed E-state index contributed by atoms with van der Waals surface area (Å²) in [7, 11) is -5.84. The smallest absolute Gasteiger partial charge is 0.373 e. The lowest BCUT2D eigenvalue weighted by Gasteiger charge is -2.34. The number of unbranched alkanes of at least 4 members (excludes halogenated alkanes) is 3. The summed E-state index contributed by atoms with van der Waals surface area (Å²) in [6, 6.07) is 2.67. The molecule has 0 fully saturated rings. The maximum atomic E-state index is 6.37. The van der Waals surface area contributed by atoms with Crippen LogP contribution in [0.4, 0.5) is 0 Å². The average Bonchev–Trinajstić information content (AvgIpc) is 2.78. The molecule has 0 aromatic rings. The number of hydrogen-bond donors (Lipinski definition) is 0. The predicted octanol–water partition coefficient (Wildman–Crippen LogP) is 6.34. The van der Waals surface area contributed by atoms with Gasteiger partial charge in [-0.1, -0.05) is 60.8 Å². The molecular formula is C23H51O6Si2. The summed E-state index contributed by atoms with van der Waals surface area (Å²) in [5, 5.41) is 0. The minimum Gasteiger partial charge on any atom is -0.373 e. The van der Waals surface area contributed by atoms with Gasteiger partial charge in [0.25, 0.3) is 0 Å². The van der Waals surface area contributed by atoms with Gasteiger partial charge in [-0.05, 0) is 38.5 Å². The quantitative estimate of drug-likeness (QED) is 0.119. The minimum atomic E-state index is -2.96. The van der Waals surface area contributed by atoms with Gasteiger partial charge in [-0.2, -0.15) is 0 Å². The van der Waals surface area contributed by atoms with E-state index < -0.39 is 17.6 Å². The predicted molar refractivity (Wildman–Crippen MR) is 132 cm³/mol. The molecule has 0 heterocycles. The Morgan fingerprint density at radius 1 is 0.452 bits per heavy atom. The standard InChI is InChI=1S/C23H51O6Si2/c1-7-13-19-27-31(28-20-14-8-2,29-21-15-9-3)23-22-30(24-16-10-4,25-17-11-5)26-18-12-6/h23H,7-22H2,1-6H3. The van der Waals surface area contributed by atoms with Gasteiger partial charge in [0.15, 0.2) is 0 Å². The Hall–Kier alpha value is 0.194. The van der Waals surface area contributed by atoms with Crippen molar-refractivity contribution >= 4 is 17.6 Å². The van der Waals surface area contributed by atoms with E-state index in [4.69, 9.17) is 26.6 Å². The molecule has 0 rings (SSSR count). The molecule has 0 unspecified atom stereocenters. The normalized spacial score (nSPS) is 12.6. The van der Waals surface area contributed by atoms with Crippen LogP contribution in [0.25, 0.3) is 0 Å². The van der Waals surface area contributed by atoms with E-state index in [1.807, 2.05) is 0 Å². The molecular weight excluding hydrogens is 428 g/mol. The largest absolute Gasteiger partial charge is 0.504 e. The zero-order valence-electron chi connectivity index (χ0n) is 21.3. The van der Waals surface area contributed by atoms with Crippen LogP contribution in [-0.2, 0) is 26.6 Å². The molecule has 0 saturated heterocycles. The first-order valence-electron chi connectivity index (χ1n) is 12.7. The molecule has 6 nitrogen and oxygen atoms in total. The van der Waals surface area contributed by atoms with Crippen molar-refractivity contribution in [3.63, 3.8) is 0 Å². The molecule has 0 N–H and O–H groups in total. The van der Waals surface area contributed by atoms with Gasteiger partial charge in [0.1, 0.15) is 0 Å². The van der Waals surface area contributed by atoms with E-state index in [0.717, 1.165) is 57.8 Å². The summed E-state index contributed by atoms with van der Waals surface area (Å²) < 4.78 is 37.9. The second kappa shape index (κ2) is 20.8. The first-order valence-corrected chi connectivity index (χ1v) is 16.5. The van der Waals surface area contributed by atoms with Gasteiger partial charge in [0.05, 0.1) is 0 Å². The SMILES string of the molecule is CCCCO[Si]([CH]C[Si](OCCC)(OCCC)OCCC)(OCCCC)OCCCC. The highest BCUT2D eigenvalue weighted by atomic mass is 28.4. The van der Waals surface area contributed by atoms with Crippen molar-refractivity contribution in [3.8, 4) is 0 Å². The van der Waals surface area contributed by atoms with Gasteiger partial charge in [-0.25, -0.2) is 0 Å². The minimum absolute atomic E-state index is 0.559. The van der Waals surface area contributed by atoms with Crippen LogP contribution in [0, 0.1) is 6.04 Å². The summed E-state index contributed by atoms with van der Waals surface area (Å²) in [5.74, 6) is 0. The van der Waals surface area contributed by atoms with Crippen LogP contribution in [-0.4, -0.2) is 57.3 Å². The van der Waals surface area contributed by atoms with Crippen molar-refractivity contribution in [2.24, 2.45) is 0 Å². The Kier molecular flexibility index (Phi) is 20.9. The molecule has 0 atom stereocenters. The molecule has 8 heteroatoms. The Morgan fingerprint density at radius 2 is 0.806 bits per heavy atom. The fourth-order valence-electron chi connectivity index (χ4n) is 2.70. The Morgan fingerprint density at radius 3 is 1.10 bits per heavy atom. The van der Waals surface area contributed by atoms with E-state index in [1.54, 1.807) is 0 Å². The third-order valence-electron chi connectivity index (χ3n) is 4.58. The molecule has 1 radical (unpaired) electrons. The van der Waals surface area contributed by atoms with Crippen LogP contribution < -0.4 is 0 Å². The average molecular weight is 480 g/mol. The van der Waals surface area contributed by atoms with Gasteiger partial charge in [-0.3, -0.25) is 0 Å². The lowest BCUT2D eigenvalue weighted by molar-refractivity contribution is 0.0519. The second-order valence-electron chi connectivity index (χ2n) is 7.85. The highest BCUT2D eigenvalue weighted by molar-refractivity contribution is 6.69. The summed E-state index contributed by atoms with van der Waals surface area (Å²) >= 11 is 0. The van der Waals surface area contributed by atoms with Crippen LogP contribution in [0.15, 0.2) is 0 Å². The number of rotatable bonds is 24. The van der Waals surface area contributed by atoms with E-state index >= 15 is 0 Å². The maximum absolute atomic E-state index is 6.37. The zero-order valence-corrected chi connectivity index (χ0v) is 23.3. The molecule has 0 aliphatic rings. The van der Waals surface area contributed by atoms with Crippen molar-refractivity contribution in [2.45, 2.75) is 105 Å². The summed E-state index contributed by atoms with van der Waals surface area (Å²) in [6.07, 6.45) is 8.98. The van der Waals surface area contributed by atoms with Crippen LogP contribution in [0.5, 0.6) is 0 Å². The molecule has 0 saturated carbocycles. The third-order valence-corrected chi connectivity index (χ3v) is 10.2. The molecule has 0 aliphatic carbocycles. The fourth-order valence-corrected chi connectivity index (χ4v) is 8.74. The van der Waals surface area contributed by atoms with Gasteiger partial charge in [-0.15, -0.1) is 0 Å². The second-order valence-corrected chi connectivity index (χ2v) is 13.0. The lowest BCUT2D eigenvalue weighted by Crippen LogP contribution is -2.53. The Labute approximate surface area is 195 Å². The van der Waals surface area contributed by atoms with Gasteiger partial charge < -0.3 is 26.6 Å². The maximum Gasteiger partial charge on any atom is 0.504 e. The van der Waals surface area contributed by atoms with Crippen molar-refractivity contribution in [1.29, 1.82) is 0 Å². The van der Waals surface area contributed by atoms with Crippen LogP contribution in [0.3, 0.4) is 0 Å². The first kappa shape index (κ1) is 31.2. The van der Waals surface area contributed by atoms with Crippen molar-refractivity contribution in [3.05, 3.63) is 6.04 Å². The van der Waals surface area contributed by atoms with E-state index in [0.29, 0.717) is 45.7 Å². The highest BCUT2D eigenvalue weighted by Crippen LogP contribution is 2.26. The van der Waals surface area contributed by atoms with Crippen molar-refractivity contribution < 1.29 is 26.6 Å². The van der Waals surface area contributed by atoms with Gasteiger partial charge >= 0.3 is 17.6 Å². The molecule has 0 amide bonds. The molecule has 0 aliphatic heterocycles. The van der Waals surface area contributed by atoms with E-state index in [9.17, 15) is 0 Å². The van der Waals surface area contributed by atoms with Crippen LogP contribution in [0.1, 0.15) is 99.3 Å². The van der Waals surface area contributed by atoms with Gasteiger partial charge in [0.2, 0.25) is 0 Å². The van der Waals surface area contributed by atoms with Crippen molar-refractivity contribution in [2.75, 3.05) is 39.6 Å². The highest BCUT2D eigenvalue weighted by Gasteiger charge is 2.49. The third kappa shape index (κ3) is 14.9. The molecule has 31 heavy (non-hydrogen) atoms. The Bertz CT molecular complexity index is 339. The summed E-state index contributed by atoms with van der Waals surface area (Å²) in [4.78, 5) is 0. The van der Waals surface area contributed by atoms with Crippen LogP contribution >= 0.6 is 0 Å². The Balaban J connectivity index is 5.55. The topological polar surface area (TPSA) is 55.4 Å². The van der Waals surface area contributed by atoms with Crippen LogP contribution in [0.2, 0.25) is 6.04 Å². The lowest BCUT2D eigenvalue weighted by atomic mass is 10.4. The van der Waals surface area contributed by atoms with E-state index in [1.165, 1.54) is 0 Å². The molecule has 0 spiro atoms. The zero-order chi connectivity index (χ0) is 23.3. The van der Waals surface area contributed by atoms with E-state index in [-0.39, 0.29) is 0 Å². The molecule has 0 aromatic carbocycles. The summed E-state index contributed by atoms with van der Waals surface area (Å²) in [5.41, 5.74) is 0. The fraction of sp³-hybridized carbons (Fsp3) is 0.957.